The van der Waals surface area contributed by atoms with Gasteiger partial charge in [0, 0.05) is 37.1 Å². The molecule has 6 rings (SSSR count). The van der Waals surface area contributed by atoms with Crippen LogP contribution in [0, 0.1) is 6.92 Å². The number of amides is 3. The van der Waals surface area contributed by atoms with Gasteiger partial charge in [-0.25, -0.2) is 9.31 Å². The molecule has 35 heavy (non-hydrogen) atoms. The van der Waals surface area contributed by atoms with Crippen LogP contribution in [0.2, 0.25) is 0 Å². The minimum absolute atomic E-state index is 0.0250. The molecule has 1 aromatic carbocycles. The quantitative estimate of drug-likeness (QED) is 0.604. The van der Waals surface area contributed by atoms with Crippen LogP contribution >= 0.6 is 0 Å². The highest BCUT2D eigenvalue weighted by molar-refractivity contribution is 5.99. The third kappa shape index (κ3) is 3.80. The summed E-state index contributed by atoms with van der Waals surface area (Å²) in [5.41, 5.74) is 4.08. The molecule has 0 spiro atoms. The number of likely N-dealkylation sites (tertiary alicyclic amines) is 1. The molecule has 4 heterocycles. The molecule has 0 radical (unpaired) electrons. The van der Waals surface area contributed by atoms with Crippen LogP contribution in [0.4, 0.5) is 10.5 Å². The Labute approximate surface area is 203 Å². The summed E-state index contributed by atoms with van der Waals surface area (Å²) in [4.78, 5) is 29.2. The van der Waals surface area contributed by atoms with E-state index < -0.39 is 6.10 Å². The maximum atomic E-state index is 13.1. The number of nitrogens with one attached hydrogen (secondary N) is 1. The molecule has 1 saturated heterocycles. The van der Waals surface area contributed by atoms with E-state index in [0.717, 1.165) is 48.0 Å². The lowest BCUT2D eigenvalue weighted by Gasteiger charge is -2.43. The van der Waals surface area contributed by atoms with E-state index in [2.05, 4.69) is 10.4 Å². The molecule has 1 saturated carbocycles. The molecule has 9 heteroatoms. The minimum Gasteiger partial charge on any atom is -0.455 e. The number of benzene rings is 1. The van der Waals surface area contributed by atoms with E-state index in [4.69, 9.17) is 4.74 Å². The SMILES string of the molecule is Cc1c(C(=O)N2C[C@@H](O)[C@H]2C)cn2nccc(Oc3ccc4c(c3)CCCN4C(=O)NC3CC3)c12. The molecule has 2 aromatic heterocycles. The molecular weight excluding hydrogens is 446 g/mol. The highest BCUT2D eigenvalue weighted by Crippen LogP contribution is 2.36. The van der Waals surface area contributed by atoms with Crippen LogP contribution in [-0.4, -0.2) is 62.8 Å². The van der Waals surface area contributed by atoms with Crippen LogP contribution < -0.4 is 15.0 Å². The molecule has 2 aliphatic heterocycles. The van der Waals surface area contributed by atoms with Gasteiger partial charge in [0.15, 0.2) is 5.75 Å². The number of anilines is 1. The van der Waals surface area contributed by atoms with Gasteiger partial charge >= 0.3 is 6.03 Å². The van der Waals surface area contributed by atoms with Crippen LogP contribution in [-0.2, 0) is 6.42 Å². The number of carbonyl (C=O) groups excluding carboxylic acids is 2. The van der Waals surface area contributed by atoms with Crippen molar-refractivity contribution in [2.45, 2.75) is 57.7 Å². The molecule has 3 amide bonds. The van der Waals surface area contributed by atoms with E-state index >= 15 is 0 Å². The number of rotatable bonds is 4. The van der Waals surface area contributed by atoms with Gasteiger partial charge in [-0.15, -0.1) is 0 Å². The van der Waals surface area contributed by atoms with Crippen molar-refractivity contribution in [1.29, 1.82) is 0 Å². The number of hydrogen-bond donors (Lipinski definition) is 2. The first kappa shape index (κ1) is 21.9. The standard InChI is InChI=1S/C26H29N5O4/c1-15-20(25(33)30-14-22(32)16(30)2)13-31-24(15)23(9-10-27-31)35-19-7-8-21-17(12-19)4-3-11-29(21)26(34)28-18-5-6-18/h7-10,12-13,16,18,22,32H,3-6,11,14H2,1-2H3,(H,28,34)/t16-,22-/m1/s1. The first-order valence-corrected chi connectivity index (χ1v) is 12.3. The average molecular weight is 476 g/mol. The molecule has 2 fully saturated rings. The predicted molar refractivity (Wildman–Crippen MR) is 130 cm³/mol. The van der Waals surface area contributed by atoms with E-state index in [1.165, 1.54) is 0 Å². The smallest absolute Gasteiger partial charge is 0.322 e. The Morgan fingerprint density at radius 3 is 2.80 bits per heavy atom. The highest BCUT2D eigenvalue weighted by atomic mass is 16.5. The van der Waals surface area contributed by atoms with Crippen molar-refractivity contribution in [2.75, 3.05) is 18.0 Å². The van der Waals surface area contributed by atoms with Crippen molar-refractivity contribution in [3.63, 3.8) is 0 Å². The third-order valence-corrected chi connectivity index (χ3v) is 7.36. The number of aromatic nitrogens is 2. The molecular formula is C26H29N5O4. The number of carbonyl (C=O) groups is 2. The number of ether oxygens (including phenoxy) is 1. The van der Waals surface area contributed by atoms with Gasteiger partial charge in [-0.2, -0.15) is 5.10 Å². The number of fused-ring (bicyclic) bond motifs is 2. The molecule has 0 unspecified atom stereocenters. The van der Waals surface area contributed by atoms with E-state index in [1.807, 2.05) is 36.9 Å². The molecule has 1 aliphatic carbocycles. The largest absolute Gasteiger partial charge is 0.455 e. The van der Waals surface area contributed by atoms with Crippen LogP contribution in [0.1, 0.15) is 47.7 Å². The molecule has 0 bridgehead atoms. The lowest BCUT2D eigenvalue weighted by atomic mass is 9.99. The summed E-state index contributed by atoms with van der Waals surface area (Å²) in [6, 6.07) is 7.72. The summed E-state index contributed by atoms with van der Waals surface area (Å²) < 4.78 is 7.96. The topological polar surface area (TPSA) is 99.4 Å². The summed E-state index contributed by atoms with van der Waals surface area (Å²) in [5, 5.41) is 17.3. The van der Waals surface area contributed by atoms with Gasteiger partial charge in [-0.05, 0) is 68.9 Å². The van der Waals surface area contributed by atoms with Crippen molar-refractivity contribution < 1.29 is 19.4 Å². The Morgan fingerprint density at radius 2 is 2.06 bits per heavy atom. The second kappa shape index (κ2) is 8.27. The molecule has 182 valence electrons. The summed E-state index contributed by atoms with van der Waals surface area (Å²) in [6.07, 6.45) is 6.80. The van der Waals surface area contributed by atoms with Crippen molar-refractivity contribution in [1.82, 2.24) is 19.8 Å². The Bertz CT molecular complexity index is 1330. The van der Waals surface area contributed by atoms with Crippen molar-refractivity contribution in [3.05, 3.63) is 53.3 Å². The zero-order valence-corrected chi connectivity index (χ0v) is 19.9. The molecule has 3 aromatic rings. The van der Waals surface area contributed by atoms with Crippen LogP contribution in [0.15, 0.2) is 36.7 Å². The van der Waals surface area contributed by atoms with Crippen LogP contribution in [0.3, 0.4) is 0 Å². The number of hydrogen-bond acceptors (Lipinski definition) is 5. The monoisotopic (exact) mass is 475 g/mol. The summed E-state index contributed by atoms with van der Waals surface area (Å²) >= 11 is 0. The van der Waals surface area contributed by atoms with E-state index in [0.29, 0.717) is 36.2 Å². The van der Waals surface area contributed by atoms with Gasteiger partial charge in [-0.1, -0.05) is 0 Å². The summed E-state index contributed by atoms with van der Waals surface area (Å²) in [7, 11) is 0. The number of aliphatic hydroxyl groups excluding tert-OH is 1. The Morgan fingerprint density at radius 1 is 1.23 bits per heavy atom. The van der Waals surface area contributed by atoms with Crippen LogP contribution in [0.5, 0.6) is 11.5 Å². The number of urea groups is 1. The summed E-state index contributed by atoms with van der Waals surface area (Å²) in [6.45, 7) is 4.79. The Kier molecular flexibility index (Phi) is 5.17. The average Bonchev–Trinajstić information content (AvgIpc) is 3.61. The lowest BCUT2D eigenvalue weighted by Crippen LogP contribution is -2.60. The van der Waals surface area contributed by atoms with Gasteiger partial charge < -0.3 is 20.1 Å². The molecule has 2 N–H and O–H groups in total. The first-order chi connectivity index (χ1) is 16.9. The van der Waals surface area contributed by atoms with Crippen LogP contribution in [0.25, 0.3) is 5.52 Å². The van der Waals surface area contributed by atoms with Crippen molar-refractivity contribution in [3.8, 4) is 11.5 Å². The fourth-order valence-corrected chi connectivity index (χ4v) is 4.99. The number of β-amino-alcohol motifs (C(OH)–C–C–N with tert-alkyl or cyclic N) is 1. The summed E-state index contributed by atoms with van der Waals surface area (Å²) in [5.74, 6) is 1.16. The van der Waals surface area contributed by atoms with E-state index in [1.54, 1.807) is 27.9 Å². The lowest BCUT2D eigenvalue weighted by molar-refractivity contribution is -0.0357. The second-order valence-electron chi connectivity index (χ2n) is 9.79. The van der Waals surface area contributed by atoms with E-state index in [-0.39, 0.29) is 18.0 Å². The fraction of sp³-hybridized carbons (Fsp3) is 0.423. The molecule has 2 atom stereocenters. The normalized spacial score (nSPS) is 21.5. The van der Waals surface area contributed by atoms with Gasteiger partial charge in [0.25, 0.3) is 5.91 Å². The van der Waals surface area contributed by atoms with Gasteiger partial charge in [0.05, 0.1) is 23.9 Å². The number of aryl methyl sites for hydroxylation is 2. The molecule has 9 nitrogen and oxygen atoms in total. The maximum Gasteiger partial charge on any atom is 0.322 e. The van der Waals surface area contributed by atoms with Crippen molar-refractivity contribution >= 4 is 23.1 Å². The number of aliphatic hydroxyl groups is 1. The second-order valence-corrected chi connectivity index (χ2v) is 9.79. The first-order valence-electron chi connectivity index (χ1n) is 12.3. The zero-order chi connectivity index (χ0) is 24.3. The minimum atomic E-state index is -0.479. The molecule has 3 aliphatic rings. The predicted octanol–water partition coefficient (Wildman–Crippen LogP) is 3.26. The third-order valence-electron chi connectivity index (χ3n) is 7.36. The fourth-order valence-electron chi connectivity index (χ4n) is 4.99. The van der Waals surface area contributed by atoms with Gasteiger partial charge in [-0.3, -0.25) is 9.69 Å². The van der Waals surface area contributed by atoms with Crippen molar-refractivity contribution in [2.24, 2.45) is 0 Å². The van der Waals surface area contributed by atoms with Gasteiger partial charge in [0.2, 0.25) is 0 Å². The Balaban J connectivity index is 1.27. The van der Waals surface area contributed by atoms with E-state index in [9.17, 15) is 14.7 Å². The van der Waals surface area contributed by atoms with Gasteiger partial charge in [0.1, 0.15) is 11.3 Å². The highest BCUT2D eigenvalue weighted by Gasteiger charge is 2.38. The maximum absolute atomic E-state index is 13.1. The number of nitrogens with zero attached hydrogens (tertiary/aromatic N) is 4. The zero-order valence-electron chi connectivity index (χ0n) is 19.9. The Hall–Kier alpha value is -3.59.